The molecule has 4 atom stereocenters. The van der Waals surface area contributed by atoms with E-state index >= 15 is 0 Å². The smallest absolute Gasteiger partial charge is 0.416 e. The quantitative estimate of drug-likeness (QED) is 0.267. The van der Waals surface area contributed by atoms with Crippen LogP contribution in [0.2, 0.25) is 0 Å². The van der Waals surface area contributed by atoms with Crippen LogP contribution in [0.3, 0.4) is 0 Å². The van der Waals surface area contributed by atoms with E-state index in [9.17, 15) is 40.3 Å². The van der Waals surface area contributed by atoms with Gasteiger partial charge in [0, 0.05) is 13.6 Å². The molecular formula is C30H32F7N3O4. The van der Waals surface area contributed by atoms with Crippen LogP contribution >= 0.6 is 0 Å². The molecule has 0 bridgehead atoms. The molecule has 2 aromatic rings. The van der Waals surface area contributed by atoms with Crippen molar-refractivity contribution >= 4 is 17.9 Å². The Morgan fingerprint density at radius 2 is 1.64 bits per heavy atom. The van der Waals surface area contributed by atoms with Crippen molar-refractivity contribution in [3.05, 3.63) is 70.0 Å². The first-order valence-electron chi connectivity index (χ1n) is 13.7. The number of ether oxygens (including phenoxy) is 2. The summed E-state index contributed by atoms with van der Waals surface area (Å²) in [6, 6.07) is 2.71. The van der Waals surface area contributed by atoms with Gasteiger partial charge in [0.05, 0.1) is 43.0 Å². The average Bonchev–Trinajstić information content (AvgIpc) is 3.32. The number of alkyl halides is 6. The molecule has 0 aliphatic carbocycles. The second-order valence-electron chi connectivity index (χ2n) is 11.2. The number of piperidine rings is 1. The van der Waals surface area contributed by atoms with Crippen LogP contribution in [0.5, 0.6) is 0 Å². The highest BCUT2D eigenvalue weighted by atomic mass is 19.4. The molecule has 240 valence electrons. The topological polar surface area (TPSA) is 71.4 Å². The summed E-state index contributed by atoms with van der Waals surface area (Å²) in [6.07, 6.45) is -9.39. The number of amides is 2. The van der Waals surface area contributed by atoms with Crippen LogP contribution in [0.15, 0.2) is 41.4 Å². The number of carbonyl (C=O) groups is 2. The van der Waals surface area contributed by atoms with Gasteiger partial charge < -0.3 is 19.3 Å². The lowest BCUT2D eigenvalue weighted by molar-refractivity contribution is -0.144. The molecule has 4 unspecified atom stereocenters. The third kappa shape index (κ3) is 6.48. The van der Waals surface area contributed by atoms with Crippen molar-refractivity contribution < 1.29 is 49.8 Å². The first kappa shape index (κ1) is 33.1. The molecule has 0 saturated carbocycles. The molecule has 1 fully saturated rings. The van der Waals surface area contributed by atoms with Crippen molar-refractivity contribution in [2.45, 2.75) is 63.1 Å². The van der Waals surface area contributed by atoms with Gasteiger partial charge in [-0.1, -0.05) is 6.07 Å². The number of esters is 1. The monoisotopic (exact) mass is 631 g/mol. The zero-order valence-corrected chi connectivity index (χ0v) is 24.6. The number of nitrogens with zero attached hydrogens (tertiary/aromatic N) is 3. The number of halogens is 7. The van der Waals surface area contributed by atoms with Crippen molar-refractivity contribution in [1.29, 1.82) is 0 Å². The van der Waals surface area contributed by atoms with Gasteiger partial charge in [-0.05, 0) is 80.1 Å². The zero-order chi connectivity index (χ0) is 32.8. The average molecular weight is 632 g/mol. The molecule has 4 rings (SSSR count). The third-order valence-corrected chi connectivity index (χ3v) is 8.50. The van der Waals surface area contributed by atoms with E-state index in [1.54, 1.807) is 6.92 Å². The largest absolute Gasteiger partial charge is 0.484 e. The number of benzene rings is 2. The van der Waals surface area contributed by atoms with Gasteiger partial charge in [0.15, 0.2) is 5.90 Å². The zero-order valence-electron chi connectivity index (χ0n) is 24.6. The van der Waals surface area contributed by atoms with Crippen LogP contribution in [0.25, 0.3) is 0 Å². The van der Waals surface area contributed by atoms with Crippen LogP contribution in [0, 0.1) is 18.7 Å². The molecule has 0 N–H and O–H groups in total. The highest BCUT2D eigenvalue weighted by Gasteiger charge is 2.51. The fourth-order valence-electron chi connectivity index (χ4n) is 6.01. The molecule has 1 saturated heterocycles. The Morgan fingerprint density at radius 3 is 2.16 bits per heavy atom. The molecule has 1 spiro atoms. The van der Waals surface area contributed by atoms with E-state index in [1.807, 2.05) is 0 Å². The van der Waals surface area contributed by atoms with Gasteiger partial charge in [0.2, 0.25) is 0 Å². The van der Waals surface area contributed by atoms with Crippen molar-refractivity contribution in [2.75, 3.05) is 27.8 Å². The molecule has 0 radical (unpaired) electrons. The van der Waals surface area contributed by atoms with Gasteiger partial charge in [-0.3, -0.25) is 4.79 Å². The fraction of sp³-hybridized carbons (Fsp3) is 0.500. The molecule has 44 heavy (non-hydrogen) atoms. The molecular weight excluding hydrogens is 599 g/mol. The Morgan fingerprint density at radius 1 is 1.02 bits per heavy atom. The number of aliphatic imine (C=N–C) groups is 1. The van der Waals surface area contributed by atoms with Crippen LogP contribution < -0.4 is 0 Å². The van der Waals surface area contributed by atoms with E-state index in [0.29, 0.717) is 23.3 Å². The number of hydrogen-bond donors (Lipinski definition) is 0. The van der Waals surface area contributed by atoms with Crippen LogP contribution in [-0.2, 0) is 26.6 Å². The third-order valence-electron chi connectivity index (χ3n) is 8.50. The predicted molar refractivity (Wildman–Crippen MR) is 145 cm³/mol. The Kier molecular flexibility index (Phi) is 8.96. The second-order valence-corrected chi connectivity index (χ2v) is 11.2. The Hall–Kier alpha value is -3.84. The van der Waals surface area contributed by atoms with Crippen molar-refractivity contribution in [2.24, 2.45) is 10.9 Å². The van der Waals surface area contributed by atoms with E-state index in [-0.39, 0.29) is 43.3 Å². The highest BCUT2D eigenvalue weighted by Crippen LogP contribution is 2.47. The summed E-state index contributed by atoms with van der Waals surface area (Å²) in [4.78, 5) is 33.7. The second kappa shape index (κ2) is 11.9. The van der Waals surface area contributed by atoms with Gasteiger partial charge >= 0.3 is 24.4 Å². The molecule has 2 heterocycles. The molecule has 2 aliphatic rings. The van der Waals surface area contributed by atoms with Crippen molar-refractivity contribution in [1.82, 2.24) is 9.80 Å². The molecule has 14 heteroatoms. The van der Waals surface area contributed by atoms with Crippen molar-refractivity contribution in [3.63, 3.8) is 0 Å². The Balaban J connectivity index is 1.71. The number of methoxy groups -OCH3 is 2. The number of rotatable bonds is 4. The molecule has 2 aliphatic heterocycles. The van der Waals surface area contributed by atoms with E-state index in [2.05, 4.69) is 0 Å². The number of likely N-dealkylation sites (tertiary alicyclic amines) is 1. The summed E-state index contributed by atoms with van der Waals surface area (Å²) in [7, 11) is 3.91. The lowest BCUT2D eigenvalue weighted by atomic mass is 9.77. The summed E-state index contributed by atoms with van der Waals surface area (Å²) in [6.45, 7) is 3.07. The van der Waals surface area contributed by atoms with Crippen molar-refractivity contribution in [3.8, 4) is 0 Å². The first-order valence-corrected chi connectivity index (χ1v) is 13.7. The summed E-state index contributed by atoms with van der Waals surface area (Å²) in [5.41, 5.74) is -3.07. The molecule has 0 aromatic heterocycles. The summed E-state index contributed by atoms with van der Waals surface area (Å²) >= 11 is 0. The molecule has 2 aromatic carbocycles. The predicted octanol–water partition coefficient (Wildman–Crippen LogP) is 7.10. The minimum absolute atomic E-state index is 0.0352. The molecule has 2 amide bonds. The van der Waals surface area contributed by atoms with Gasteiger partial charge in [-0.25, -0.2) is 14.2 Å². The van der Waals surface area contributed by atoms with Crippen LogP contribution in [0.4, 0.5) is 35.5 Å². The molecule has 7 nitrogen and oxygen atoms in total. The van der Waals surface area contributed by atoms with Gasteiger partial charge in [-0.2, -0.15) is 26.3 Å². The van der Waals surface area contributed by atoms with Crippen LogP contribution in [0.1, 0.15) is 66.1 Å². The fourth-order valence-corrected chi connectivity index (χ4v) is 6.01. The minimum atomic E-state index is -5.05. The SMILES string of the molecule is COC(=O)C1CC2(CCN(C(=O)N(C)C(C)c3cc(C(F)(F)F)cc(C(F)(F)F)c3)C(c3ccc(F)cc3C)C2)N=C1OC. The maximum atomic E-state index is 14.1. The van der Waals surface area contributed by atoms with Crippen LogP contribution in [-0.4, -0.2) is 61.0 Å². The summed E-state index contributed by atoms with van der Waals surface area (Å²) in [5.74, 6) is -1.63. The van der Waals surface area contributed by atoms with Gasteiger partial charge in [0.1, 0.15) is 11.7 Å². The Labute approximate surface area is 249 Å². The summed E-state index contributed by atoms with van der Waals surface area (Å²) < 4.78 is 105. The highest BCUT2D eigenvalue weighted by molar-refractivity contribution is 5.99. The van der Waals surface area contributed by atoms with E-state index in [0.717, 1.165) is 4.90 Å². The van der Waals surface area contributed by atoms with E-state index in [4.69, 9.17) is 14.5 Å². The lowest BCUT2D eigenvalue weighted by Gasteiger charge is -2.46. The Bertz CT molecular complexity index is 1430. The standard InChI is InChI=1S/C30H32F7N3O4/c1-16-10-21(31)6-7-22(16)24-15-28(14-23(26(41)44-5)25(38-28)43-4)8-9-40(24)27(42)39(3)17(2)18-11-19(29(32,33)34)13-20(12-18)30(35,36)37/h6-7,10-13,17,23-24H,8-9,14-15H2,1-5H3. The maximum Gasteiger partial charge on any atom is 0.416 e. The number of hydrogen-bond acceptors (Lipinski definition) is 5. The maximum absolute atomic E-state index is 14.1. The summed E-state index contributed by atoms with van der Waals surface area (Å²) in [5, 5.41) is 0. The van der Waals surface area contributed by atoms with Gasteiger partial charge in [0.25, 0.3) is 0 Å². The number of carbonyl (C=O) groups excluding carboxylic acids is 2. The lowest BCUT2D eigenvalue weighted by Crippen LogP contribution is -2.51. The normalized spacial score (nSPS) is 22.9. The number of urea groups is 1. The van der Waals surface area contributed by atoms with Gasteiger partial charge in [-0.15, -0.1) is 0 Å². The minimum Gasteiger partial charge on any atom is -0.484 e. The number of aryl methyl sites for hydroxylation is 1. The van der Waals surface area contributed by atoms with E-state index in [1.165, 1.54) is 51.3 Å². The van der Waals surface area contributed by atoms with E-state index < -0.39 is 64.8 Å². The first-order chi connectivity index (χ1) is 20.4.